The summed E-state index contributed by atoms with van der Waals surface area (Å²) in [5, 5.41) is 3.90. The Hall–Kier alpha value is -2.01. The number of rotatable bonds is 3. The average Bonchev–Trinajstić information content (AvgIpc) is 2.88. The molecule has 0 aliphatic heterocycles. The molecule has 2 aliphatic rings. The molecule has 106 valence electrons. The van der Waals surface area contributed by atoms with Gasteiger partial charge < -0.3 is 4.52 Å². The number of allylic oxidation sites excluding steroid dienone is 4. The highest BCUT2D eigenvalue weighted by molar-refractivity contribution is 6.16. The molecule has 2 atom stereocenters. The van der Waals surface area contributed by atoms with Crippen molar-refractivity contribution >= 4 is 17.2 Å². The lowest BCUT2D eigenvalue weighted by molar-refractivity contribution is 0.384. The number of aromatic nitrogens is 2. The molecule has 1 aromatic heterocycles. The van der Waals surface area contributed by atoms with Crippen LogP contribution in [0.25, 0.3) is 5.57 Å². The van der Waals surface area contributed by atoms with Gasteiger partial charge in [0.2, 0.25) is 5.89 Å². The minimum atomic E-state index is -0.839. The molecular weight excluding hydrogens is 298 g/mol. The van der Waals surface area contributed by atoms with Crippen molar-refractivity contribution in [1.82, 2.24) is 10.1 Å². The maximum atomic E-state index is 13.3. The van der Waals surface area contributed by atoms with E-state index in [0.29, 0.717) is 17.3 Å². The van der Waals surface area contributed by atoms with Crippen LogP contribution in [0.5, 0.6) is 0 Å². The van der Waals surface area contributed by atoms with Crippen LogP contribution in [-0.2, 0) is 5.88 Å². The first-order valence-corrected chi connectivity index (χ1v) is 6.98. The second kappa shape index (κ2) is 4.49. The van der Waals surface area contributed by atoms with Crippen molar-refractivity contribution in [2.24, 2.45) is 5.92 Å². The number of hydrogen-bond acceptors (Lipinski definition) is 3. The highest BCUT2D eigenvalue weighted by Gasteiger charge is 2.49. The summed E-state index contributed by atoms with van der Waals surface area (Å²) in [6, 6.07) is 3.91. The summed E-state index contributed by atoms with van der Waals surface area (Å²) in [6.45, 7) is 0. The number of hydrogen-bond donors (Lipinski definition) is 0. The molecule has 2 aliphatic carbocycles. The van der Waals surface area contributed by atoms with Gasteiger partial charge in [0, 0.05) is 5.92 Å². The minimum absolute atomic E-state index is 0.125. The standard InChI is InChI=1S/C15H9ClF2N2O/c16-6-13-19-15(20-21-13)14-9-3-8(4-10(9)14)7-1-2-11(17)12(18)5-7/h1-5,9,14H,6H2/t9-,14+/m0/s1. The molecule has 1 saturated carbocycles. The number of halogens is 3. The molecule has 0 spiro atoms. The van der Waals surface area contributed by atoms with Crippen molar-refractivity contribution in [3.63, 3.8) is 0 Å². The van der Waals surface area contributed by atoms with Gasteiger partial charge in [-0.3, -0.25) is 0 Å². The Bertz CT molecular complexity index is 797. The van der Waals surface area contributed by atoms with E-state index < -0.39 is 11.6 Å². The van der Waals surface area contributed by atoms with Crippen LogP contribution in [0.2, 0.25) is 0 Å². The quantitative estimate of drug-likeness (QED) is 0.809. The van der Waals surface area contributed by atoms with E-state index in [9.17, 15) is 8.78 Å². The molecule has 4 rings (SSSR count). The normalized spacial score (nSPS) is 22.8. The zero-order valence-corrected chi connectivity index (χ0v) is 11.4. The molecule has 1 aromatic carbocycles. The first-order chi connectivity index (χ1) is 10.2. The highest BCUT2D eigenvalue weighted by atomic mass is 35.5. The molecule has 2 aromatic rings. The van der Waals surface area contributed by atoms with Crippen LogP contribution in [0.4, 0.5) is 8.78 Å². The second-order valence-corrected chi connectivity index (χ2v) is 5.35. The van der Waals surface area contributed by atoms with Crippen molar-refractivity contribution < 1.29 is 13.3 Å². The maximum absolute atomic E-state index is 13.3. The summed E-state index contributed by atoms with van der Waals surface area (Å²) in [5.74, 6) is -0.111. The van der Waals surface area contributed by atoms with Gasteiger partial charge in [0.15, 0.2) is 17.5 Å². The van der Waals surface area contributed by atoms with E-state index >= 15 is 0 Å². The van der Waals surface area contributed by atoms with Crippen molar-refractivity contribution in [3.8, 4) is 0 Å². The van der Waals surface area contributed by atoms with Gasteiger partial charge in [-0.2, -0.15) is 4.98 Å². The molecule has 0 saturated heterocycles. The monoisotopic (exact) mass is 306 g/mol. The summed E-state index contributed by atoms with van der Waals surface area (Å²) in [5.41, 5.74) is 2.73. The topological polar surface area (TPSA) is 38.9 Å². The molecule has 0 unspecified atom stereocenters. The molecule has 6 heteroatoms. The smallest absolute Gasteiger partial charge is 0.241 e. The zero-order chi connectivity index (χ0) is 14.6. The van der Waals surface area contributed by atoms with Gasteiger partial charge in [0.05, 0.1) is 5.92 Å². The van der Waals surface area contributed by atoms with Crippen LogP contribution in [0, 0.1) is 17.6 Å². The van der Waals surface area contributed by atoms with E-state index in [1.807, 2.05) is 12.2 Å². The third kappa shape index (κ3) is 2.00. The van der Waals surface area contributed by atoms with Crippen LogP contribution in [0.1, 0.15) is 23.2 Å². The lowest BCUT2D eigenvalue weighted by Crippen LogP contribution is -1.90. The van der Waals surface area contributed by atoms with Gasteiger partial charge in [0.1, 0.15) is 5.88 Å². The zero-order valence-electron chi connectivity index (χ0n) is 10.7. The van der Waals surface area contributed by atoms with Gasteiger partial charge in [0.25, 0.3) is 0 Å². The van der Waals surface area contributed by atoms with Crippen LogP contribution in [0.15, 0.2) is 40.4 Å². The molecule has 0 N–H and O–H groups in total. The molecule has 1 heterocycles. The van der Waals surface area contributed by atoms with Crippen molar-refractivity contribution in [2.45, 2.75) is 11.8 Å². The summed E-state index contributed by atoms with van der Waals surface area (Å²) in [7, 11) is 0. The van der Waals surface area contributed by atoms with Gasteiger partial charge in [-0.15, -0.1) is 11.6 Å². The Morgan fingerprint density at radius 3 is 2.71 bits per heavy atom. The lowest BCUT2D eigenvalue weighted by Gasteiger charge is -2.02. The van der Waals surface area contributed by atoms with Crippen LogP contribution in [0.3, 0.4) is 0 Å². The Morgan fingerprint density at radius 1 is 1.24 bits per heavy atom. The largest absolute Gasteiger partial charge is 0.338 e. The van der Waals surface area contributed by atoms with E-state index in [4.69, 9.17) is 16.1 Å². The predicted octanol–water partition coefficient (Wildman–Crippen LogP) is 3.82. The van der Waals surface area contributed by atoms with E-state index in [1.54, 1.807) is 6.07 Å². The fraction of sp³-hybridized carbons (Fsp3) is 0.200. The van der Waals surface area contributed by atoms with E-state index in [2.05, 4.69) is 10.1 Å². The predicted molar refractivity (Wildman–Crippen MR) is 72.5 cm³/mol. The third-order valence-corrected chi connectivity index (χ3v) is 4.03. The Balaban J connectivity index is 1.57. The van der Waals surface area contributed by atoms with Gasteiger partial charge in [-0.05, 0) is 28.8 Å². The lowest BCUT2D eigenvalue weighted by atomic mass is 10.0. The summed E-state index contributed by atoms with van der Waals surface area (Å²) in [4.78, 5) is 4.21. The highest BCUT2D eigenvalue weighted by Crippen LogP contribution is 2.58. The van der Waals surface area contributed by atoms with Crippen LogP contribution < -0.4 is 0 Å². The Kier molecular flexibility index (Phi) is 2.72. The van der Waals surface area contributed by atoms with Crippen LogP contribution >= 0.6 is 11.6 Å². The van der Waals surface area contributed by atoms with Crippen LogP contribution in [-0.4, -0.2) is 10.1 Å². The average molecular weight is 307 g/mol. The maximum Gasteiger partial charge on any atom is 0.241 e. The molecule has 3 nitrogen and oxygen atoms in total. The van der Waals surface area contributed by atoms with E-state index in [1.165, 1.54) is 6.07 Å². The van der Waals surface area contributed by atoms with E-state index in [-0.39, 0.29) is 17.7 Å². The first kappa shape index (κ1) is 12.7. The number of alkyl halides is 1. The fourth-order valence-electron chi connectivity index (χ4n) is 2.72. The summed E-state index contributed by atoms with van der Waals surface area (Å²) < 4.78 is 31.2. The summed E-state index contributed by atoms with van der Waals surface area (Å²) in [6.07, 6.45) is 3.99. The minimum Gasteiger partial charge on any atom is -0.338 e. The molecule has 1 fully saturated rings. The molecule has 0 amide bonds. The molecular formula is C15H9ClF2N2O. The SMILES string of the molecule is Fc1ccc(C2=C[C@H]3C(=C2)[C@@H]3c2noc(CCl)n2)cc1F. The Morgan fingerprint density at radius 2 is 2.10 bits per heavy atom. The molecule has 0 bridgehead atoms. The van der Waals surface area contributed by atoms with Gasteiger partial charge in [-0.1, -0.05) is 23.4 Å². The Labute approximate surface area is 123 Å². The third-order valence-electron chi connectivity index (χ3n) is 3.80. The number of fused-ring (bicyclic) bond motifs is 1. The number of nitrogens with zero attached hydrogens (tertiary/aromatic N) is 2. The second-order valence-electron chi connectivity index (χ2n) is 5.08. The van der Waals surface area contributed by atoms with Crippen molar-refractivity contribution in [1.29, 1.82) is 0 Å². The van der Waals surface area contributed by atoms with E-state index in [0.717, 1.165) is 17.2 Å². The number of benzene rings is 1. The van der Waals surface area contributed by atoms with Crippen molar-refractivity contribution in [3.05, 3.63) is 64.8 Å². The van der Waals surface area contributed by atoms with Gasteiger partial charge in [-0.25, -0.2) is 8.78 Å². The van der Waals surface area contributed by atoms with Crippen molar-refractivity contribution in [2.75, 3.05) is 0 Å². The van der Waals surface area contributed by atoms with Gasteiger partial charge >= 0.3 is 0 Å². The molecule has 0 radical (unpaired) electrons. The first-order valence-electron chi connectivity index (χ1n) is 6.44. The summed E-state index contributed by atoms with van der Waals surface area (Å²) >= 11 is 5.63. The fourth-order valence-corrected chi connectivity index (χ4v) is 2.83. The molecule has 21 heavy (non-hydrogen) atoms.